The molecule has 1 aliphatic carbocycles. The number of nitrogens with zero attached hydrogens (tertiary/aromatic N) is 2. The highest BCUT2D eigenvalue weighted by Crippen LogP contribution is 2.23. The van der Waals surface area contributed by atoms with E-state index in [1.54, 1.807) is 0 Å². The van der Waals surface area contributed by atoms with Gasteiger partial charge >= 0.3 is 0 Å². The maximum Gasteiger partial charge on any atom is 0.181 e. The van der Waals surface area contributed by atoms with E-state index < -0.39 is 0 Å². The van der Waals surface area contributed by atoms with Crippen LogP contribution in [0.25, 0.3) is 0 Å². The molecule has 1 aliphatic rings. The molecule has 1 fully saturated rings. The van der Waals surface area contributed by atoms with Crippen molar-refractivity contribution in [2.75, 3.05) is 6.54 Å². The first-order chi connectivity index (χ1) is 8.20. The second kappa shape index (κ2) is 5.65. The smallest absolute Gasteiger partial charge is 0.181 e. The molecule has 0 spiro atoms. The predicted octanol–water partition coefficient (Wildman–Crippen LogP) is 2.07. The van der Waals surface area contributed by atoms with E-state index in [-0.39, 0.29) is 0 Å². The van der Waals surface area contributed by atoms with Crippen molar-refractivity contribution in [3.63, 3.8) is 0 Å². The summed E-state index contributed by atoms with van der Waals surface area (Å²) in [6.07, 6.45) is 6.27. The number of oxazole rings is 1. The molecule has 0 aromatic carbocycles. The van der Waals surface area contributed by atoms with Crippen molar-refractivity contribution in [3.05, 3.63) is 17.8 Å². The van der Waals surface area contributed by atoms with Crippen LogP contribution in [0.4, 0.5) is 0 Å². The Hall–Kier alpha value is -0.870. The van der Waals surface area contributed by atoms with Crippen molar-refractivity contribution in [1.82, 2.24) is 9.88 Å². The van der Waals surface area contributed by atoms with Crippen molar-refractivity contribution in [2.45, 2.75) is 58.2 Å². The highest BCUT2D eigenvalue weighted by atomic mass is 16.3. The lowest BCUT2D eigenvalue weighted by atomic mass is 9.90. The fourth-order valence-corrected chi connectivity index (χ4v) is 2.64. The van der Waals surface area contributed by atoms with Crippen LogP contribution in [-0.4, -0.2) is 28.5 Å². The van der Waals surface area contributed by atoms with Crippen molar-refractivity contribution < 1.29 is 4.42 Å². The van der Waals surface area contributed by atoms with Gasteiger partial charge in [-0.2, -0.15) is 0 Å². The molecule has 17 heavy (non-hydrogen) atoms. The van der Waals surface area contributed by atoms with Gasteiger partial charge < -0.3 is 10.2 Å². The summed E-state index contributed by atoms with van der Waals surface area (Å²) in [5.41, 5.74) is 7.02. The Kier molecular flexibility index (Phi) is 4.18. The minimum atomic E-state index is 0.416. The zero-order chi connectivity index (χ0) is 12.3. The van der Waals surface area contributed by atoms with Gasteiger partial charge in [0.25, 0.3) is 0 Å². The van der Waals surface area contributed by atoms with E-state index in [4.69, 9.17) is 10.2 Å². The highest BCUT2D eigenvalue weighted by Gasteiger charge is 2.24. The maximum atomic E-state index is 5.95. The second-order valence-electron chi connectivity index (χ2n) is 4.99. The van der Waals surface area contributed by atoms with Crippen LogP contribution >= 0.6 is 0 Å². The van der Waals surface area contributed by atoms with E-state index >= 15 is 0 Å². The van der Waals surface area contributed by atoms with Gasteiger partial charge in [-0.3, -0.25) is 4.90 Å². The first kappa shape index (κ1) is 12.6. The third kappa shape index (κ3) is 3.07. The van der Waals surface area contributed by atoms with Gasteiger partial charge in [0.2, 0.25) is 0 Å². The molecule has 0 saturated heterocycles. The van der Waals surface area contributed by atoms with E-state index in [1.165, 1.54) is 19.2 Å². The summed E-state index contributed by atoms with van der Waals surface area (Å²) >= 11 is 0. The second-order valence-corrected chi connectivity index (χ2v) is 4.99. The fourth-order valence-electron chi connectivity index (χ4n) is 2.64. The zero-order valence-corrected chi connectivity index (χ0v) is 10.9. The van der Waals surface area contributed by atoms with Crippen molar-refractivity contribution >= 4 is 0 Å². The standard InChI is InChI=1S/C13H23N3O/c1-3-16(8-13-10(2)17-9-15-13)12-6-4-11(14)5-7-12/h9,11-12H,3-8,14H2,1-2H3. The molecule has 2 rings (SSSR count). The lowest BCUT2D eigenvalue weighted by Crippen LogP contribution is -2.40. The number of aryl methyl sites for hydroxylation is 1. The van der Waals surface area contributed by atoms with Crippen LogP contribution in [0.5, 0.6) is 0 Å². The molecular weight excluding hydrogens is 214 g/mol. The molecule has 4 nitrogen and oxygen atoms in total. The van der Waals surface area contributed by atoms with Crippen LogP contribution in [0.3, 0.4) is 0 Å². The molecule has 1 heterocycles. The van der Waals surface area contributed by atoms with Gasteiger partial charge in [0.15, 0.2) is 6.39 Å². The van der Waals surface area contributed by atoms with Crippen LogP contribution in [-0.2, 0) is 6.54 Å². The number of nitrogens with two attached hydrogens (primary N) is 1. The fraction of sp³-hybridized carbons (Fsp3) is 0.769. The molecule has 0 unspecified atom stereocenters. The topological polar surface area (TPSA) is 55.3 Å². The van der Waals surface area contributed by atoms with Crippen LogP contribution in [0.1, 0.15) is 44.1 Å². The lowest BCUT2D eigenvalue weighted by Gasteiger charge is -2.35. The van der Waals surface area contributed by atoms with Gasteiger partial charge in [-0.25, -0.2) is 4.98 Å². The minimum absolute atomic E-state index is 0.416. The maximum absolute atomic E-state index is 5.95. The number of hydrogen-bond acceptors (Lipinski definition) is 4. The average Bonchev–Trinajstić information content (AvgIpc) is 2.73. The third-order valence-corrected chi connectivity index (χ3v) is 3.86. The van der Waals surface area contributed by atoms with E-state index in [0.717, 1.165) is 37.4 Å². The SMILES string of the molecule is CCN(Cc1ncoc1C)C1CCC(N)CC1. The van der Waals surface area contributed by atoms with Gasteiger partial charge in [0, 0.05) is 18.6 Å². The van der Waals surface area contributed by atoms with Crippen molar-refractivity contribution in [1.29, 1.82) is 0 Å². The summed E-state index contributed by atoms with van der Waals surface area (Å²) < 4.78 is 5.26. The average molecular weight is 237 g/mol. The van der Waals surface area contributed by atoms with Crippen LogP contribution in [0.15, 0.2) is 10.8 Å². The minimum Gasteiger partial charge on any atom is -0.448 e. The first-order valence-corrected chi connectivity index (χ1v) is 6.59. The first-order valence-electron chi connectivity index (χ1n) is 6.59. The molecule has 4 heteroatoms. The largest absolute Gasteiger partial charge is 0.448 e. The van der Waals surface area contributed by atoms with Crippen LogP contribution < -0.4 is 5.73 Å². The molecule has 0 bridgehead atoms. The molecule has 0 aliphatic heterocycles. The lowest BCUT2D eigenvalue weighted by molar-refractivity contribution is 0.147. The van der Waals surface area contributed by atoms with Gasteiger partial charge in [-0.15, -0.1) is 0 Å². The normalized spacial score (nSPS) is 25.4. The molecule has 1 aromatic heterocycles. The monoisotopic (exact) mass is 237 g/mol. The third-order valence-electron chi connectivity index (χ3n) is 3.86. The predicted molar refractivity (Wildman–Crippen MR) is 67.6 cm³/mol. The summed E-state index contributed by atoms with van der Waals surface area (Å²) in [7, 11) is 0. The van der Waals surface area contributed by atoms with Gasteiger partial charge in [-0.1, -0.05) is 6.92 Å². The molecule has 0 radical (unpaired) electrons. The molecule has 1 saturated carbocycles. The molecular formula is C13H23N3O. The molecule has 0 amide bonds. The van der Waals surface area contributed by atoms with Crippen LogP contribution in [0.2, 0.25) is 0 Å². The summed E-state index contributed by atoms with van der Waals surface area (Å²) in [5.74, 6) is 0.941. The summed E-state index contributed by atoms with van der Waals surface area (Å²) in [5, 5.41) is 0. The Morgan fingerprint density at radius 3 is 2.65 bits per heavy atom. The quantitative estimate of drug-likeness (QED) is 0.871. The van der Waals surface area contributed by atoms with E-state index in [1.807, 2.05) is 6.92 Å². The van der Waals surface area contributed by atoms with E-state index in [9.17, 15) is 0 Å². The highest BCUT2D eigenvalue weighted by molar-refractivity contribution is 5.04. The molecule has 0 atom stereocenters. The zero-order valence-electron chi connectivity index (χ0n) is 10.9. The Morgan fingerprint density at radius 1 is 1.41 bits per heavy atom. The summed E-state index contributed by atoms with van der Waals surface area (Å²) in [6.45, 7) is 6.15. The van der Waals surface area contributed by atoms with Crippen LogP contribution in [0, 0.1) is 6.92 Å². The summed E-state index contributed by atoms with van der Waals surface area (Å²) in [4.78, 5) is 6.78. The van der Waals surface area contributed by atoms with Crippen molar-refractivity contribution in [2.24, 2.45) is 5.73 Å². The number of rotatable bonds is 4. The number of hydrogen-bond donors (Lipinski definition) is 1. The molecule has 1 aromatic rings. The van der Waals surface area contributed by atoms with E-state index in [0.29, 0.717) is 12.1 Å². The van der Waals surface area contributed by atoms with Gasteiger partial charge in [-0.05, 0) is 39.2 Å². The Morgan fingerprint density at radius 2 is 2.12 bits per heavy atom. The van der Waals surface area contributed by atoms with E-state index in [2.05, 4.69) is 16.8 Å². The summed E-state index contributed by atoms with van der Waals surface area (Å²) in [6, 6.07) is 1.08. The number of aromatic nitrogens is 1. The molecule has 2 N–H and O–H groups in total. The Balaban J connectivity index is 1.95. The van der Waals surface area contributed by atoms with Gasteiger partial charge in [0.05, 0.1) is 5.69 Å². The van der Waals surface area contributed by atoms with Gasteiger partial charge in [0.1, 0.15) is 5.76 Å². The Bertz CT molecular complexity index is 342. The molecule has 96 valence electrons. The van der Waals surface area contributed by atoms with Crippen molar-refractivity contribution in [3.8, 4) is 0 Å². The Labute approximate surface area is 103 Å².